The van der Waals surface area contributed by atoms with Gasteiger partial charge < -0.3 is 4.74 Å². The third-order valence-electron chi connectivity index (χ3n) is 3.75. The molecule has 3 nitrogen and oxygen atoms in total. The molecule has 1 aromatic heterocycles. The van der Waals surface area contributed by atoms with Crippen LogP contribution in [-0.2, 0) is 17.6 Å². The number of hydrogen-bond donors (Lipinski definition) is 0. The summed E-state index contributed by atoms with van der Waals surface area (Å²) in [5.41, 5.74) is 2.56. The zero-order valence-corrected chi connectivity index (χ0v) is 11.8. The summed E-state index contributed by atoms with van der Waals surface area (Å²) < 4.78 is 4.83. The van der Waals surface area contributed by atoms with Crippen LogP contribution in [0.3, 0.4) is 0 Å². The Morgan fingerprint density at radius 2 is 2.28 bits per heavy atom. The van der Waals surface area contributed by atoms with Gasteiger partial charge in [-0.05, 0) is 42.7 Å². The average molecular weight is 268 g/mol. The maximum atomic E-state index is 11.8. The van der Waals surface area contributed by atoms with Gasteiger partial charge in [0.2, 0.25) is 0 Å². The number of pyridine rings is 1. The molecule has 1 aliphatic carbocycles. The third-order valence-corrected chi connectivity index (χ3v) is 3.94. The van der Waals surface area contributed by atoms with Crippen molar-refractivity contribution in [3.63, 3.8) is 0 Å². The summed E-state index contributed by atoms with van der Waals surface area (Å²) in [7, 11) is 1.39. The van der Waals surface area contributed by atoms with Crippen molar-refractivity contribution in [2.75, 3.05) is 7.11 Å². The predicted octanol–water partition coefficient (Wildman–Crippen LogP) is 3.28. The summed E-state index contributed by atoms with van der Waals surface area (Å²) in [5.74, 6) is 0.892. The van der Waals surface area contributed by atoms with E-state index in [9.17, 15) is 4.79 Å². The number of methoxy groups -OCH3 is 1. The fraction of sp³-hybridized carbons (Fsp3) is 0.571. The summed E-state index contributed by atoms with van der Waals surface area (Å²) in [6.45, 7) is 4.44. The summed E-state index contributed by atoms with van der Waals surface area (Å²) >= 11 is 5.96. The van der Waals surface area contributed by atoms with Crippen molar-refractivity contribution >= 4 is 17.6 Å². The first kappa shape index (κ1) is 13.3. The van der Waals surface area contributed by atoms with Crippen LogP contribution in [-0.4, -0.2) is 18.1 Å². The molecular formula is C14H18ClNO2. The summed E-state index contributed by atoms with van der Waals surface area (Å²) in [6.07, 6.45) is 2.89. The lowest BCUT2D eigenvalue weighted by molar-refractivity contribution is 0.0598. The van der Waals surface area contributed by atoms with Gasteiger partial charge in [-0.1, -0.05) is 25.4 Å². The molecule has 1 heterocycles. The van der Waals surface area contributed by atoms with E-state index in [4.69, 9.17) is 16.3 Å². The first-order valence-electron chi connectivity index (χ1n) is 6.29. The Bertz CT molecular complexity index is 471. The fourth-order valence-corrected chi connectivity index (χ4v) is 2.78. The van der Waals surface area contributed by atoms with Gasteiger partial charge in [0.05, 0.1) is 12.7 Å². The molecular weight excluding hydrogens is 250 g/mol. The van der Waals surface area contributed by atoms with Gasteiger partial charge in [0.1, 0.15) is 5.15 Å². The summed E-state index contributed by atoms with van der Waals surface area (Å²) in [6, 6.07) is 1.62. The molecule has 98 valence electrons. The highest BCUT2D eigenvalue weighted by atomic mass is 35.5. The lowest BCUT2D eigenvalue weighted by Gasteiger charge is -2.28. The van der Waals surface area contributed by atoms with Crippen LogP contribution in [0.15, 0.2) is 6.07 Å². The van der Waals surface area contributed by atoms with Crippen LogP contribution in [0.2, 0.25) is 5.15 Å². The Labute approximate surface area is 113 Å². The van der Waals surface area contributed by atoms with Gasteiger partial charge in [0.25, 0.3) is 0 Å². The number of halogens is 1. The van der Waals surface area contributed by atoms with E-state index in [1.54, 1.807) is 6.07 Å². The Hall–Kier alpha value is -1.09. The van der Waals surface area contributed by atoms with Crippen molar-refractivity contribution in [2.24, 2.45) is 11.8 Å². The van der Waals surface area contributed by atoms with Crippen molar-refractivity contribution in [1.29, 1.82) is 0 Å². The highest BCUT2D eigenvalue weighted by Gasteiger charge is 2.27. The van der Waals surface area contributed by atoms with Crippen molar-refractivity contribution in [1.82, 2.24) is 4.98 Å². The normalized spacial score (nSPS) is 18.6. The molecule has 18 heavy (non-hydrogen) atoms. The number of aromatic nitrogens is 1. The highest BCUT2D eigenvalue weighted by Crippen LogP contribution is 2.32. The molecule has 0 fully saturated rings. The first-order chi connectivity index (χ1) is 8.52. The molecule has 4 heteroatoms. The van der Waals surface area contributed by atoms with Gasteiger partial charge >= 0.3 is 5.97 Å². The second kappa shape index (κ2) is 5.27. The molecule has 0 amide bonds. The number of hydrogen-bond acceptors (Lipinski definition) is 3. The third kappa shape index (κ3) is 2.51. The van der Waals surface area contributed by atoms with Crippen molar-refractivity contribution in [3.05, 3.63) is 28.0 Å². The molecule has 1 unspecified atom stereocenters. The largest absolute Gasteiger partial charge is 0.465 e. The predicted molar refractivity (Wildman–Crippen MR) is 70.9 cm³/mol. The summed E-state index contributed by atoms with van der Waals surface area (Å²) in [4.78, 5) is 16.1. The molecule has 0 saturated carbocycles. The topological polar surface area (TPSA) is 39.2 Å². The number of carbonyl (C=O) groups is 1. The summed E-state index contributed by atoms with van der Waals surface area (Å²) in [5, 5.41) is 0.372. The Morgan fingerprint density at radius 1 is 1.56 bits per heavy atom. The number of carbonyl (C=O) groups excluding carboxylic acids is 1. The van der Waals surface area contributed by atoms with Crippen molar-refractivity contribution < 1.29 is 9.53 Å². The molecule has 1 aliphatic rings. The minimum Gasteiger partial charge on any atom is -0.465 e. The van der Waals surface area contributed by atoms with Crippen molar-refractivity contribution in [2.45, 2.75) is 33.1 Å². The van der Waals surface area contributed by atoms with E-state index in [-0.39, 0.29) is 5.97 Å². The van der Waals surface area contributed by atoms with E-state index in [1.807, 2.05) is 0 Å². The monoisotopic (exact) mass is 267 g/mol. The van der Waals surface area contributed by atoms with Gasteiger partial charge in [-0.2, -0.15) is 0 Å². The number of rotatable bonds is 2. The van der Waals surface area contributed by atoms with E-state index in [0.29, 0.717) is 22.6 Å². The van der Waals surface area contributed by atoms with Gasteiger partial charge in [-0.25, -0.2) is 9.78 Å². The highest BCUT2D eigenvalue weighted by molar-refractivity contribution is 6.29. The van der Waals surface area contributed by atoms with Gasteiger partial charge in [0.15, 0.2) is 0 Å². The van der Waals surface area contributed by atoms with E-state index < -0.39 is 0 Å². The van der Waals surface area contributed by atoms with Crippen LogP contribution in [0.5, 0.6) is 0 Å². The number of nitrogens with zero attached hydrogens (tertiary/aromatic N) is 1. The molecule has 1 atom stereocenters. The Morgan fingerprint density at radius 3 is 2.89 bits per heavy atom. The second-order valence-electron chi connectivity index (χ2n) is 5.16. The van der Waals surface area contributed by atoms with E-state index >= 15 is 0 Å². The van der Waals surface area contributed by atoms with Crippen LogP contribution in [0.1, 0.15) is 41.9 Å². The van der Waals surface area contributed by atoms with Crippen molar-refractivity contribution in [3.8, 4) is 0 Å². The molecule has 0 spiro atoms. The molecule has 0 bridgehead atoms. The van der Waals surface area contributed by atoms with Gasteiger partial charge in [-0.3, -0.25) is 0 Å². The maximum Gasteiger partial charge on any atom is 0.338 e. The standard InChI is InChI=1S/C14H18ClNO2/c1-8(2)9-4-5-12-10(6-9)11(14(17)18-3)7-13(15)16-12/h7-9H,4-6H2,1-3H3. The molecule has 1 aromatic rings. The molecule has 0 radical (unpaired) electrons. The van der Waals surface area contributed by atoms with E-state index in [0.717, 1.165) is 30.5 Å². The Kier molecular flexibility index (Phi) is 3.91. The number of esters is 1. The van der Waals surface area contributed by atoms with Crippen LogP contribution < -0.4 is 0 Å². The molecule has 0 saturated heterocycles. The lowest BCUT2D eigenvalue weighted by Crippen LogP contribution is -2.23. The van der Waals surface area contributed by atoms with E-state index in [2.05, 4.69) is 18.8 Å². The SMILES string of the molecule is COC(=O)c1cc(Cl)nc2c1CC(C(C)C)CC2. The van der Waals surface area contributed by atoms with Crippen LogP contribution >= 0.6 is 11.6 Å². The van der Waals surface area contributed by atoms with Crippen LogP contribution in [0, 0.1) is 11.8 Å². The smallest absolute Gasteiger partial charge is 0.338 e. The van der Waals surface area contributed by atoms with E-state index in [1.165, 1.54) is 7.11 Å². The quantitative estimate of drug-likeness (QED) is 0.610. The number of ether oxygens (including phenoxy) is 1. The number of aryl methyl sites for hydroxylation is 1. The minimum absolute atomic E-state index is 0.319. The minimum atomic E-state index is -0.319. The molecule has 0 aromatic carbocycles. The molecule has 0 aliphatic heterocycles. The van der Waals surface area contributed by atoms with Gasteiger partial charge in [-0.15, -0.1) is 0 Å². The average Bonchev–Trinajstić information content (AvgIpc) is 2.36. The van der Waals surface area contributed by atoms with Gasteiger partial charge in [0, 0.05) is 5.69 Å². The fourth-order valence-electron chi connectivity index (χ4n) is 2.57. The Balaban J connectivity index is 2.43. The molecule has 0 N–H and O–H groups in total. The zero-order valence-electron chi connectivity index (χ0n) is 11.0. The first-order valence-corrected chi connectivity index (χ1v) is 6.67. The van der Waals surface area contributed by atoms with Crippen LogP contribution in [0.25, 0.3) is 0 Å². The second-order valence-corrected chi connectivity index (χ2v) is 5.54. The number of fused-ring (bicyclic) bond motifs is 1. The zero-order chi connectivity index (χ0) is 13.3. The lowest BCUT2D eigenvalue weighted by atomic mass is 9.79. The van der Waals surface area contributed by atoms with Crippen LogP contribution in [0.4, 0.5) is 0 Å². The molecule has 2 rings (SSSR count). The maximum absolute atomic E-state index is 11.8.